The number of halogens is 1. The van der Waals surface area contributed by atoms with Crippen LogP contribution in [0.25, 0.3) is 0 Å². The Morgan fingerprint density at radius 3 is 2.40 bits per heavy atom. The predicted molar refractivity (Wildman–Crippen MR) is 69.7 cm³/mol. The van der Waals surface area contributed by atoms with E-state index in [1.54, 1.807) is 11.1 Å². The van der Waals surface area contributed by atoms with Gasteiger partial charge in [-0.3, -0.25) is 0 Å². The zero-order valence-corrected chi connectivity index (χ0v) is 11.7. The molecular weight excluding hydrogens is 248 g/mol. The summed E-state index contributed by atoms with van der Waals surface area (Å²) >= 11 is 3.74. The first-order valence-corrected chi connectivity index (χ1v) is 6.61. The lowest BCUT2D eigenvalue weighted by atomic mass is 9.78. The normalized spacial score (nSPS) is 20.2. The minimum absolute atomic E-state index is 0.740. The van der Waals surface area contributed by atoms with E-state index in [0.29, 0.717) is 0 Å². The lowest BCUT2D eigenvalue weighted by Crippen LogP contribution is -2.12. The van der Waals surface area contributed by atoms with Crippen LogP contribution < -0.4 is 0 Å². The molecule has 1 atom stereocenters. The van der Waals surface area contributed by atoms with E-state index < -0.39 is 0 Å². The largest absolute Gasteiger partial charge is 0.0584 e. The zero-order chi connectivity index (χ0) is 11.2. The molecule has 15 heavy (non-hydrogen) atoms. The second-order valence-corrected chi connectivity index (χ2v) is 5.67. The van der Waals surface area contributed by atoms with Gasteiger partial charge < -0.3 is 0 Å². The minimum Gasteiger partial charge on any atom is -0.0584 e. The number of benzene rings is 1. The fourth-order valence-corrected chi connectivity index (χ4v) is 3.45. The maximum absolute atomic E-state index is 3.74. The molecule has 0 aromatic heterocycles. The van der Waals surface area contributed by atoms with Crippen LogP contribution in [0, 0.1) is 20.8 Å². The minimum atomic E-state index is 0.740. The molecule has 1 aliphatic carbocycles. The van der Waals surface area contributed by atoms with Crippen LogP contribution in [0.1, 0.15) is 53.5 Å². The molecule has 0 bridgehead atoms. The fraction of sp³-hybridized carbons (Fsp3) is 0.571. The van der Waals surface area contributed by atoms with Crippen molar-refractivity contribution in [2.45, 2.75) is 52.9 Å². The van der Waals surface area contributed by atoms with E-state index in [1.165, 1.54) is 40.4 Å². The van der Waals surface area contributed by atoms with Crippen LogP contribution in [-0.4, -0.2) is 0 Å². The first kappa shape index (κ1) is 11.2. The Bertz CT molecular complexity index is 405. The van der Waals surface area contributed by atoms with E-state index in [-0.39, 0.29) is 0 Å². The Morgan fingerprint density at radius 1 is 1.07 bits per heavy atom. The molecule has 0 nitrogen and oxygen atoms in total. The fourth-order valence-electron chi connectivity index (χ4n) is 2.94. The maximum Gasteiger partial charge on any atom is 0.0239 e. The molecule has 0 fully saturated rings. The molecule has 0 N–H and O–H groups in total. The highest BCUT2D eigenvalue weighted by atomic mass is 79.9. The van der Waals surface area contributed by atoms with Gasteiger partial charge in [-0.05, 0) is 73.8 Å². The van der Waals surface area contributed by atoms with E-state index in [9.17, 15) is 0 Å². The highest BCUT2D eigenvalue weighted by molar-refractivity contribution is 9.10. The van der Waals surface area contributed by atoms with Gasteiger partial charge in [0.25, 0.3) is 0 Å². The molecule has 1 unspecified atom stereocenters. The third-order valence-corrected chi connectivity index (χ3v) is 5.15. The van der Waals surface area contributed by atoms with E-state index in [1.807, 2.05) is 0 Å². The summed E-state index contributed by atoms with van der Waals surface area (Å²) in [4.78, 5) is 0. The van der Waals surface area contributed by atoms with Gasteiger partial charge in [0, 0.05) is 4.47 Å². The van der Waals surface area contributed by atoms with Crippen LogP contribution >= 0.6 is 15.9 Å². The molecule has 2 rings (SSSR count). The summed E-state index contributed by atoms with van der Waals surface area (Å²) in [6.45, 7) is 9.13. The molecule has 0 radical (unpaired) electrons. The third kappa shape index (κ3) is 1.65. The summed E-state index contributed by atoms with van der Waals surface area (Å²) in [6.07, 6.45) is 3.98. The Morgan fingerprint density at radius 2 is 1.73 bits per heavy atom. The van der Waals surface area contributed by atoms with Crippen molar-refractivity contribution in [3.63, 3.8) is 0 Å². The van der Waals surface area contributed by atoms with Crippen molar-refractivity contribution >= 4 is 15.9 Å². The highest BCUT2D eigenvalue weighted by Crippen LogP contribution is 2.40. The summed E-state index contributed by atoms with van der Waals surface area (Å²) < 4.78 is 1.33. The van der Waals surface area contributed by atoms with Gasteiger partial charge in [-0.2, -0.15) is 0 Å². The van der Waals surface area contributed by atoms with E-state index in [2.05, 4.69) is 43.6 Å². The van der Waals surface area contributed by atoms with E-state index in [4.69, 9.17) is 0 Å². The predicted octanol–water partition coefficient (Wildman–Crippen LogP) is 4.81. The van der Waals surface area contributed by atoms with Crippen molar-refractivity contribution in [1.82, 2.24) is 0 Å². The van der Waals surface area contributed by atoms with Crippen LogP contribution in [0.3, 0.4) is 0 Å². The van der Waals surface area contributed by atoms with Crippen molar-refractivity contribution in [3.8, 4) is 0 Å². The van der Waals surface area contributed by atoms with Gasteiger partial charge in [-0.1, -0.05) is 22.9 Å². The van der Waals surface area contributed by atoms with E-state index in [0.717, 1.165) is 5.92 Å². The van der Waals surface area contributed by atoms with Crippen molar-refractivity contribution in [3.05, 3.63) is 32.3 Å². The van der Waals surface area contributed by atoms with Gasteiger partial charge in [-0.25, -0.2) is 0 Å². The lowest BCUT2D eigenvalue weighted by molar-refractivity contribution is 0.583. The molecule has 82 valence electrons. The standard InChI is InChI=1S/C14H19Br/c1-8-6-5-7-12-9(2)10(3)14(15)11(4)13(8)12/h8H,5-7H2,1-4H3. The first-order valence-electron chi connectivity index (χ1n) is 5.82. The summed E-state index contributed by atoms with van der Waals surface area (Å²) in [5.74, 6) is 0.740. The van der Waals surface area contributed by atoms with Gasteiger partial charge in [0.1, 0.15) is 0 Å². The molecule has 1 heteroatoms. The Kier molecular flexibility index (Phi) is 2.94. The van der Waals surface area contributed by atoms with Gasteiger partial charge in [-0.15, -0.1) is 0 Å². The number of hydrogen-bond acceptors (Lipinski definition) is 0. The maximum atomic E-state index is 3.74. The van der Waals surface area contributed by atoms with Crippen molar-refractivity contribution in [2.24, 2.45) is 0 Å². The summed E-state index contributed by atoms with van der Waals surface area (Å²) in [5.41, 5.74) is 7.66. The smallest absolute Gasteiger partial charge is 0.0239 e. The molecule has 1 aromatic carbocycles. The third-order valence-electron chi connectivity index (χ3n) is 3.96. The molecule has 0 heterocycles. The average molecular weight is 267 g/mol. The second-order valence-electron chi connectivity index (χ2n) is 4.87. The zero-order valence-electron chi connectivity index (χ0n) is 10.1. The van der Waals surface area contributed by atoms with Gasteiger partial charge in [0.05, 0.1) is 0 Å². The van der Waals surface area contributed by atoms with E-state index >= 15 is 0 Å². The highest BCUT2D eigenvalue weighted by Gasteiger charge is 2.23. The molecule has 0 amide bonds. The van der Waals surface area contributed by atoms with Crippen molar-refractivity contribution in [1.29, 1.82) is 0 Å². The average Bonchev–Trinajstić information content (AvgIpc) is 2.23. The summed E-state index contributed by atoms with van der Waals surface area (Å²) in [6, 6.07) is 0. The monoisotopic (exact) mass is 266 g/mol. The lowest BCUT2D eigenvalue weighted by Gasteiger charge is -2.28. The Balaban J connectivity index is 2.74. The Labute approximate surface area is 101 Å². The van der Waals surface area contributed by atoms with Crippen LogP contribution in [0.2, 0.25) is 0 Å². The first-order chi connectivity index (χ1) is 7.04. The molecular formula is C14H19Br. The molecule has 1 aromatic rings. The number of rotatable bonds is 0. The molecule has 0 aliphatic heterocycles. The van der Waals surface area contributed by atoms with Crippen LogP contribution in [0.4, 0.5) is 0 Å². The quantitative estimate of drug-likeness (QED) is 0.632. The second kappa shape index (κ2) is 3.93. The summed E-state index contributed by atoms with van der Waals surface area (Å²) in [7, 11) is 0. The van der Waals surface area contributed by atoms with Gasteiger partial charge in [0.2, 0.25) is 0 Å². The van der Waals surface area contributed by atoms with Crippen molar-refractivity contribution in [2.75, 3.05) is 0 Å². The van der Waals surface area contributed by atoms with Crippen LogP contribution in [-0.2, 0) is 6.42 Å². The van der Waals surface area contributed by atoms with Gasteiger partial charge in [0.15, 0.2) is 0 Å². The molecule has 1 aliphatic rings. The summed E-state index contributed by atoms with van der Waals surface area (Å²) in [5, 5.41) is 0. The van der Waals surface area contributed by atoms with Crippen molar-refractivity contribution < 1.29 is 0 Å². The molecule has 0 saturated heterocycles. The molecule has 0 spiro atoms. The Hall–Kier alpha value is -0.300. The number of hydrogen-bond donors (Lipinski definition) is 0. The van der Waals surface area contributed by atoms with Gasteiger partial charge >= 0.3 is 0 Å². The number of fused-ring (bicyclic) bond motifs is 1. The SMILES string of the molecule is Cc1c(C)c2c(c(C)c1Br)C(C)CCC2. The van der Waals surface area contributed by atoms with Crippen LogP contribution in [0.15, 0.2) is 4.47 Å². The topological polar surface area (TPSA) is 0 Å². The van der Waals surface area contributed by atoms with Crippen LogP contribution in [0.5, 0.6) is 0 Å². The molecule has 0 saturated carbocycles.